The summed E-state index contributed by atoms with van der Waals surface area (Å²) < 4.78 is 38.7. The molecule has 0 amide bonds. The molecular weight excluding hydrogens is 255 g/mol. The third-order valence-corrected chi connectivity index (χ3v) is 2.51. The van der Waals surface area contributed by atoms with E-state index < -0.39 is 17.5 Å². The summed E-state index contributed by atoms with van der Waals surface area (Å²) in [5.74, 6) is -3.83. The minimum Gasteiger partial charge on any atom is -0.307 e. The minimum atomic E-state index is -1.45. The lowest BCUT2D eigenvalue weighted by molar-refractivity contribution is 0.444. The van der Waals surface area contributed by atoms with Crippen LogP contribution >= 0.6 is 0 Å². The Kier molecular flexibility index (Phi) is 4.11. The van der Waals surface area contributed by atoms with E-state index in [-0.39, 0.29) is 6.54 Å². The number of nitrogens with zero attached hydrogens (tertiary/aromatic N) is 2. The summed E-state index contributed by atoms with van der Waals surface area (Å²) >= 11 is 0. The highest BCUT2D eigenvalue weighted by atomic mass is 19.2. The molecule has 100 valence electrons. The SMILES string of the molecule is Cc1cnc(CNCc2cc(F)c(F)c(F)c2)cn1. The third kappa shape index (κ3) is 3.51. The van der Waals surface area contributed by atoms with Gasteiger partial charge in [-0.05, 0) is 24.6 Å². The van der Waals surface area contributed by atoms with Gasteiger partial charge in [-0.3, -0.25) is 9.97 Å². The number of aromatic nitrogens is 2. The molecule has 1 N–H and O–H groups in total. The van der Waals surface area contributed by atoms with Gasteiger partial charge in [0.1, 0.15) is 0 Å². The van der Waals surface area contributed by atoms with E-state index in [1.165, 1.54) is 0 Å². The summed E-state index contributed by atoms with van der Waals surface area (Å²) in [6.45, 7) is 2.45. The zero-order valence-corrected chi connectivity index (χ0v) is 10.3. The van der Waals surface area contributed by atoms with Crippen LogP contribution < -0.4 is 5.32 Å². The molecule has 0 radical (unpaired) electrons. The van der Waals surface area contributed by atoms with Gasteiger partial charge in [-0.1, -0.05) is 0 Å². The lowest BCUT2D eigenvalue weighted by atomic mass is 10.2. The summed E-state index contributed by atoms with van der Waals surface area (Å²) in [7, 11) is 0. The van der Waals surface area contributed by atoms with Crippen molar-refractivity contribution in [2.45, 2.75) is 20.0 Å². The Bertz CT molecular complexity index is 547. The maximum atomic E-state index is 13.0. The second kappa shape index (κ2) is 5.79. The number of benzene rings is 1. The van der Waals surface area contributed by atoms with Crippen LogP contribution in [-0.2, 0) is 13.1 Å². The number of aryl methyl sites for hydroxylation is 1. The molecule has 0 spiro atoms. The van der Waals surface area contributed by atoms with Crippen molar-refractivity contribution in [3.63, 3.8) is 0 Å². The van der Waals surface area contributed by atoms with Gasteiger partial charge >= 0.3 is 0 Å². The van der Waals surface area contributed by atoms with Gasteiger partial charge in [0.2, 0.25) is 0 Å². The Labute approximate surface area is 108 Å². The molecule has 0 bridgehead atoms. The molecule has 0 aliphatic heterocycles. The minimum absolute atomic E-state index is 0.212. The highest BCUT2D eigenvalue weighted by molar-refractivity contribution is 5.19. The predicted octanol–water partition coefficient (Wildman–Crippen LogP) is 2.49. The smallest absolute Gasteiger partial charge is 0.194 e. The second-order valence-electron chi connectivity index (χ2n) is 4.13. The van der Waals surface area contributed by atoms with Gasteiger partial charge in [0.05, 0.1) is 11.4 Å². The van der Waals surface area contributed by atoms with Crippen LogP contribution in [0.2, 0.25) is 0 Å². The topological polar surface area (TPSA) is 37.8 Å². The lowest BCUT2D eigenvalue weighted by Crippen LogP contribution is -2.14. The Balaban J connectivity index is 1.94. The van der Waals surface area contributed by atoms with Gasteiger partial charge < -0.3 is 5.32 Å². The van der Waals surface area contributed by atoms with Gasteiger partial charge in [0.15, 0.2) is 17.5 Å². The van der Waals surface area contributed by atoms with Crippen molar-refractivity contribution < 1.29 is 13.2 Å². The quantitative estimate of drug-likeness (QED) is 0.865. The van der Waals surface area contributed by atoms with Crippen molar-refractivity contribution >= 4 is 0 Å². The Morgan fingerprint density at radius 3 is 2.26 bits per heavy atom. The number of hydrogen-bond donors (Lipinski definition) is 1. The highest BCUT2D eigenvalue weighted by Crippen LogP contribution is 2.13. The van der Waals surface area contributed by atoms with Crippen molar-refractivity contribution in [1.82, 2.24) is 15.3 Å². The molecule has 1 heterocycles. The molecule has 0 aliphatic rings. The van der Waals surface area contributed by atoms with Gasteiger partial charge in [-0.15, -0.1) is 0 Å². The van der Waals surface area contributed by atoms with E-state index in [0.717, 1.165) is 17.8 Å². The van der Waals surface area contributed by atoms with E-state index in [1.807, 2.05) is 6.92 Å². The normalized spacial score (nSPS) is 10.7. The van der Waals surface area contributed by atoms with Gasteiger partial charge in [0, 0.05) is 25.5 Å². The maximum Gasteiger partial charge on any atom is 0.194 e. The van der Waals surface area contributed by atoms with Crippen LogP contribution in [0.4, 0.5) is 13.2 Å². The number of halogens is 3. The molecule has 1 aromatic carbocycles. The molecule has 0 saturated carbocycles. The maximum absolute atomic E-state index is 13.0. The zero-order chi connectivity index (χ0) is 13.8. The fourth-order valence-corrected chi connectivity index (χ4v) is 1.56. The van der Waals surface area contributed by atoms with Gasteiger partial charge in [0.25, 0.3) is 0 Å². The molecule has 1 aromatic heterocycles. The van der Waals surface area contributed by atoms with Crippen molar-refractivity contribution in [2.24, 2.45) is 0 Å². The summed E-state index contributed by atoms with van der Waals surface area (Å²) in [5, 5.41) is 2.95. The van der Waals surface area contributed by atoms with E-state index in [1.54, 1.807) is 12.4 Å². The number of hydrogen-bond acceptors (Lipinski definition) is 3. The molecule has 19 heavy (non-hydrogen) atoms. The fourth-order valence-electron chi connectivity index (χ4n) is 1.56. The average Bonchev–Trinajstić information content (AvgIpc) is 2.38. The summed E-state index contributed by atoms with van der Waals surface area (Å²) in [4.78, 5) is 8.20. The monoisotopic (exact) mass is 267 g/mol. The Morgan fingerprint density at radius 1 is 1.00 bits per heavy atom. The molecule has 3 nitrogen and oxygen atoms in total. The van der Waals surface area contributed by atoms with Crippen LogP contribution in [-0.4, -0.2) is 9.97 Å². The van der Waals surface area contributed by atoms with Crippen molar-refractivity contribution in [3.05, 3.63) is 58.9 Å². The van der Waals surface area contributed by atoms with E-state index in [9.17, 15) is 13.2 Å². The summed E-state index contributed by atoms with van der Waals surface area (Å²) in [6.07, 6.45) is 3.25. The van der Waals surface area contributed by atoms with Crippen molar-refractivity contribution in [3.8, 4) is 0 Å². The van der Waals surface area contributed by atoms with Crippen molar-refractivity contribution in [2.75, 3.05) is 0 Å². The first-order valence-corrected chi connectivity index (χ1v) is 5.68. The van der Waals surface area contributed by atoms with Crippen LogP contribution in [0.5, 0.6) is 0 Å². The Hall–Kier alpha value is -1.95. The van der Waals surface area contributed by atoms with Crippen molar-refractivity contribution in [1.29, 1.82) is 0 Å². The van der Waals surface area contributed by atoms with Gasteiger partial charge in [-0.25, -0.2) is 13.2 Å². The first kappa shape index (κ1) is 13.5. The van der Waals surface area contributed by atoms with Gasteiger partial charge in [-0.2, -0.15) is 0 Å². The first-order valence-electron chi connectivity index (χ1n) is 5.68. The van der Waals surface area contributed by atoms with E-state index in [0.29, 0.717) is 17.8 Å². The van der Waals surface area contributed by atoms with Crippen LogP contribution in [0.3, 0.4) is 0 Å². The standard InChI is InChI=1S/C13H12F3N3/c1-8-4-19-10(7-18-8)6-17-5-9-2-11(14)13(16)12(15)3-9/h2-4,7,17H,5-6H2,1H3. The van der Waals surface area contributed by atoms with Crippen LogP contribution in [0.25, 0.3) is 0 Å². The summed E-state index contributed by atoms with van der Waals surface area (Å²) in [6, 6.07) is 1.93. The molecule has 0 unspecified atom stereocenters. The molecule has 2 aromatic rings. The predicted molar refractivity (Wildman–Crippen MR) is 63.6 cm³/mol. The summed E-state index contributed by atoms with van der Waals surface area (Å²) in [5.41, 5.74) is 1.86. The average molecular weight is 267 g/mol. The first-order chi connectivity index (χ1) is 9.06. The third-order valence-electron chi connectivity index (χ3n) is 2.51. The van der Waals surface area contributed by atoms with E-state index in [2.05, 4.69) is 15.3 Å². The number of nitrogens with one attached hydrogen (secondary N) is 1. The Morgan fingerprint density at radius 2 is 1.68 bits per heavy atom. The second-order valence-corrected chi connectivity index (χ2v) is 4.13. The zero-order valence-electron chi connectivity index (χ0n) is 10.3. The van der Waals surface area contributed by atoms with E-state index >= 15 is 0 Å². The molecule has 0 fully saturated rings. The van der Waals surface area contributed by atoms with E-state index in [4.69, 9.17) is 0 Å². The molecule has 0 atom stereocenters. The number of rotatable bonds is 4. The highest BCUT2D eigenvalue weighted by Gasteiger charge is 2.10. The van der Waals surface area contributed by atoms with Crippen LogP contribution in [0.15, 0.2) is 24.5 Å². The molecule has 0 saturated heterocycles. The van der Waals surface area contributed by atoms with Crippen LogP contribution in [0.1, 0.15) is 17.0 Å². The molecule has 2 rings (SSSR count). The molecule has 6 heteroatoms. The van der Waals surface area contributed by atoms with Crippen LogP contribution in [0, 0.1) is 24.4 Å². The molecular formula is C13H12F3N3. The lowest BCUT2D eigenvalue weighted by Gasteiger charge is -2.05. The fraction of sp³-hybridized carbons (Fsp3) is 0.231. The largest absolute Gasteiger partial charge is 0.307 e. The molecule has 0 aliphatic carbocycles.